The number of thiophene rings is 1. The van der Waals surface area contributed by atoms with Crippen molar-refractivity contribution in [3.05, 3.63) is 90.4 Å². The SMILES string of the molecule is Cc1cc2cc(Nc3ccnc4cc(-c5cnc(C(=O)N(C)Cc6cccnc6)n5C)sc34)ccc2[nH]1. The molecule has 8 nitrogen and oxygen atoms in total. The predicted molar refractivity (Wildman–Crippen MR) is 148 cm³/mol. The average molecular weight is 508 g/mol. The quantitative estimate of drug-likeness (QED) is 0.293. The molecule has 1 aromatic carbocycles. The molecule has 0 bridgehead atoms. The van der Waals surface area contributed by atoms with E-state index in [-0.39, 0.29) is 5.91 Å². The molecule has 0 unspecified atom stereocenters. The maximum absolute atomic E-state index is 13.1. The van der Waals surface area contributed by atoms with Gasteiger partial charge in [-0.25, -0.2) is 4.98 Å². The monoisotopic (exact) mass is 507 g/mol. The van der Waals surface area contributed by atoms with E-state index in [0.717, 1.165) is 48.9 Å². The summed E-state index contributed by atoms with van der Waals surface area (Å²) in [6, 6.07) is 16.3. The third-order valence-corrected chi connectivity index (χ3v) is 7.55. The van der Waals surface area contributed by atoms with E-state index in [1.165, 1.54) is 5.39 Å². The second kappa shape index (κ2) is 9.18. The average Bonchev–Trinajstić information content (AvgIpc) is 3.59. The smallest absolute Gasteiger partial charge is 0.289 e. The maximum Gasteiger partial charge on any atom is 0.289 e. The number of fused-ring (bicyclic) bond motifs is 2. The molecular weight excluding hydrogens is 482 g/mol. The first-order chi connectivity index (χ1) is 18.0. The number of amides is 1. The van der Waals surface area contributed by atoms with Gasteiger partial charge < -0.3 is 19.8 Å². The van der Waals surface area contributed by atoms with Crippen LogP contribution in [0.15, 0.2) is 73.3 Å². The van der Waals surface area contributed by atoms with E-state index in [0.29, 0.717) is 12.4 Å². The normalized spacial score (nSPS) is 11.3. The van der Waals surface area contributed by atoms with Crippen LogP contribution in [0.2, 0.25) is 0 Å². The van der Waals surface area contributed by atoms with Crippen molar-refractivity contribution in [2.24, 2.45) is 7.05 Å². The number of hydrogen-bond acceptors (Lipinski definition) is 6. The number of nitrogens with one attached hydrogen (secondary N) is 2. The van der Waals surface area contributed by atoms with Gasteiger partial charge in [-0.1, -0.05) is 6.07 Å². The molecule has 0 aliphatic carbocycles. The lowest BCUT2D eigenvalue weighted by molar-refractivity contribution is 0.0769. The summed E-state index contributed by atoms with van der Waals surface area (Å²) in [5.41, 5.74) is 6.99. The summed E-state index contributed by atoms with van der Waals surface area (Å²) in [5.74, 6) is 0.245. The van der Waals surface area contributed by atoms with Crippen LogP contribution in [0.1, 0.15) is 21.9 Å². The van der Waals surface area contributed by atoms with Crippen molar-refractivity contribution in [2.45, 2.75) is 13.5 Å². The van der Waals surface area contributed by atoms with Crippen LogP contribution in [-0.2, 0) is 13.6 Å². The number of aryl methyl sites for hydroxylation is 1. The fourth-order valence-corrected chi connectivity index (χ4v) is 5.65. The minimum atomic E-state index is -0.144. The van der Waals surface area contributed by atoms with Crippen LogP contribution >= 0.6 is 11.3 Å². The molecule has 0 saturated carbocycles. The molecule has 5 heterocycles. The first-order valence-corrected chi connectivity index (χ1v) is 12.7. The van der Waals surface area contributed by atoms with Gasteiger partial charge in [-0.05, 0) is 55.0 Å². The lowest BCUT2D eigenvalue weighted by Gasteiger charge is -2.16. The molecule has 0 aliphatic heterocycles. The largest absolute Gasteiger partial charge is 0.359 e. The number of hydrogen-bond donors (Lipinski definition) is 2. The Balaban J connectivity index is 1.28. The molecule has 0 atom stereocenters. The molecule has 0 spiro atoms. The second-order valence-electron chi connectivity index (χ2n) is 9.11. The summed E-state index contributed by atoms with van der Waals surface area (Å²) < 4.78 is 2.90. The van der Waals surface area contributed by atoms with Crippen LogP contribution in [0.3, 0.4) is 0 Å². The van der Waals surface area contributed by atoms with Crippen LogP contribution in [0.25, 0.3) is 31.7 Å². The van der Waals surface area contributed by atoms with Crippen molar-refractivity contribution in [1.29, 1.82) is 0 Å². The Morgan fingerprint density at radius 1 is 1.11 bits per heavy atom. The highest BCUT2D eigenvalue weighted by Crippen LogP contribution is 2.38. The van der Waals surface area contributed by atoms with Gasteiger partial charge >= 0.3 is 0 Å². The minimum absolute atomic E-state index is 0.144. The number of aromatic amines is 1. The van der Waals surface area contributed by atoms with Gasteiger partial charge in [0.25, 0.3) is 5.91 Å². The first kappa shape index (κ1) is 22.9. The minimum Gasteiger partial charge on any atom is -0.359 e. The molecule has 0 saturated heterocycles. The van der Waals surface area contributed by atoms with E-state index >= 15 is 0 Å². The zero-order valence-electron chi connectivity index (χ0n) is 20.7. The van der Waals surface area contributed by atoms with E-state index in [1.807, 2.05) is 36.0 Å². The van der Waals surface area contributed by atoms with E-state index < -0.39 is 0 Å². The number of anilines is 2. The molecule has 9 heteroatoms. The highest BCUT2D eigenvalue weighted by atomic mass is 32.1. The van der Waals surface area contributed by atoms with Crippen molar-refractivity contribution in [3.63, 3.8) is 0 Å². The van der Waals surface area contributed by atoms with Crippen molar-refractivity contribution in [3.8, 4) is 10.6 Å². The molecule has 6 aromatic rings. The maximum atomic E-state index is 13.1. The third kappa shape index (κ3) is 4.34. The van der Waals surface area contributed by atoms with Gasteiger partial charge in [0.15, 0.2) is 5.82 Å². The molecule has 184 valence electrons. The molecule has 5 aromatic heterocycles. The van der Waals surface area contributed by atoms with Gasteiger partial charge in [0.05, 0.1) is 32.7 Å². The Labute approximate surface area is 217 Å². The topological polar surface area (TPSA) is 91.7 Å². The molecule has 1 amide bonds. The number of imidazole rings is 1. The summed E-state index contributed by atoms with van der Waals surface area (Å²) in [7, 11) is 3.65. The van der Waals surface area contributed by atoms with E-state index in [4.69, 9.17) is 0 Å². The number of carbonyl (C=O) groups excluding carboxylic acids is 1. The van der Waals surface area contributed by atoms with Crippen LogP contribution in [0.4, 0.5) is 11.4 Å². The highest BCUT2D eigenvalue weighted by molar-refractivity contribution is 7.22. The Kier molecular flexibility index (Phi) is 5.69. The molecule has 37 heavy (non-hydrogen) atoms. The third-order valence-electron chi connectivity index (χ3n) is 6.37. The van der Waals surface area contributed by atoms with Gasteiger partial charge in [0.2, 0.25) is 0 Å². The van der Waals surface area contributed by atoms with Gasteiger partial charge in [0.1, 0.15) is 0 Å². The predicted octanol–water partition coefficient (Wildman–Crippen LogP) is 5.90. The lowest BCUT2D eigenvalue weighted by atomic mass is 10.2. The zero-order chi connectivity index (χ0) is 25.5. The summed E-state index contributed by atoms with van der Waals surface area (Å²) in [6.45, 7) is 2.52. The van der Waals surface area contributed by atoms with Crippen LogP contribution in [0.5, 0.6) is 0 Å². The second-order valence-corrected chi connectivity index (χ2v) is 10.2. The summed E-state index contributed by atoms with van der Waals surface area (Å²) >= 11 is 1.63. The molecule has 0 fully saturated rings. The van der Waals surface area contributed by atoms with Gasteiger partial charge in [0, 0.05) is 61.5 Å². The molecule has 6 rings (SSSR count). The molecule has 2 N–H and O–H groups in total. The Hall–Kier alpha value is -4.50. The molecule has 0 aliphatic rings. The number of nitrogens with zero attached hydrogens (tertiary/aromatic N) is 5. The Morgan fingerprint density at radius 2 is 2.00 bits per heavy atom. The van der Waals surface area contributed by atoms with Gasteiger partial charge in [-0.15, -0.1) is 11.3 Å². The van der Waals surface area contributed by atoms with Crippen molar-refractivity contribution in [2.75, 3.05) is 12.4 Å². The van der Waals surface area contributed by atoms with Gasteiger partial charge in [-0.2, -0.15) is 0 Å². The lowest BCUT2D eigenvalue weighted by Crippen LogP contribution is -2.28. The van der Waals surface area contributed by atoms with Crippen molar-refractivity contribution < 1.29 is 4.79 Å². The molecule has 0 radical (unpaired) electrons. The Bertz CT molecular complexity index is 1750. The fourth-order valence-electron chi connectivity index (χ4n) is 4.52. The van der Waals surface area contributed by atoms with Crippen LogP contribution in [-0.4, -0.2) is 42.4 Å². The van der Waals surface area contributed by atoms with Crippen molar-refractivity contribution in [1.82, 2.24) is 29.4 Å². The molecular formula is C28H25N7OS. The summed E-state index contributed by atoms with van der Waals surface area (Å²) in [5, 5.41) is 4.72. The fraction of sp³-hybridized carbons (Fsp3) is 0.143. The number of aromatic nitrogens is 5. The number of carbonyl (C=O) groups is 1. The Morgan fingerprint density at radius 3 is 2.84 bits per heavy atom. The number of pyridine rings is 2. The van der Waals surface area contributed by atoms with Gasteiger partial charge in [-0.3, -0.25) is 14.8 Å². The zero-order valence-corrected chi connectivity index (χ0v) is 21.5. The van der Waals surface area contributed by atoms with Crippen molar-refractivity contribution >= 4 is 49.7 Å². The summed E-state index contributed by atoms with van der Waals surface area (Å²) in [6.07, 6.45) is 7.05. The highest BCUT2D eigenvalue weighted by Gasteiger charge is 2.21. The van der Waals surface area contributed by atoms with E-state index in [9.17, 15) is 4.79 Å². The first-order valence-electron chi connectivity index (χ1n) is 11.9. The van der Waals surface area contributed by atoms with E-state index in [1.54, 1.807) is 41.9 Å². The van der Waals surface area contributed by atoms with Crippen LogP contribution in [0, 0.1) is 6.92 Å². The number of H-pyrrole nitrogens is 1. The van der Waals surface area contributed by atoms with Crippen LogP contribution < -0.4 is 5.32 Å². The number of benzene rings is 1. The summed E-state index contributed by atoms with van der Waals surface area (Å²) in [4.78, 5) is 32.3. The standard InChI is InChI=1S/C28H25N7OS/c1-17-11-19-12-20(6-7-21(19)32-17)33-22-8-10-30-23-13-25(37-26(22)23)24-15-31-27(35(24)3)28(36)34(2)16-18-5-4-9-29-14-18/h4-15,32H,16H2,1-3H3,(H,30,33). The number of rotatable bonds is 6. The van der Waals surface area contributed by atoms with E-state index in [2.05, 4.69) is 62.5 Å².